The van der Waals surface area contributed by atoms with Crippen molar-refractivity contribution in [1.29, 1.82) is 0 Å². The highest BCUT2D eigenvalue weighted by Crippen LogP contribution is 2.28. The van der Waals surface area contributed by atoms with Crippen molar-refractivity contribution in [1.82, 2.24) is 0 Å². The highest BCUT2D eigenvalue weighted by Gasteiger charge is 2.34. The molecule has 0 radical (unpaired) electrons. The Bertz CT molecular complexity index is 751. The van der Waals surface area contributed by atoms with Crippen molar-refractivity contribution in [2.45, 2.75) is 192 Å². The summed E-state index contributed by atoms with van der Waals surface area (Å²) < 4.78 is 11.1. The van der Waals surface area contributed by atoms with E-state index < -0.39 is 24.3 Å². The zero-order chi connectivity index (χ0) is 29.9. The van der Waals surface area contributed by atoms with Gasteiger partial charge in [0, 0.05) is 12.8 Å². The number of carbonyl (C=O) groups excluding carboxylic acids is 2. The fourth-order valence-electron chi connectivity index (χ4n) is 6.10. The van der Waals surface area contributed by atoms with Crippen LogP contribution in [0.2, 0.25) is 0 Å². The number of esters is 1. The van der Waals surface area contributed by atoms with Crippen molar-refractivity contribution < 1.29 is 34.4 Å². The summed E-state index contributed by atoms with van der Waals surface area (Å²) in [6, 6.07) is 0. The third kappa shape index (κ3) is 15.1. The number of hydrogen-bond acceptors (Lipinski definition) is 7. The second kappa shape index (κ2) is 21.4. The van der Waals surface area contributed by atoms with E-state index in [1.54, 1.807) is 13.0 Å². The van der Waals surface area contributed by atoms with Crippen LogP contribution in [0.3, 0.4) is 0 Å². The molecule has 0 aromatic heterocycles. The first kappa shape index (κ1) is 35.9. The molecule has 0 saturated carbocycles. The van der Waals surface area contributed by atoms with Crippen molar-refractivity contribution in [2.24, 2.45) is 0 Å². The van der Waals surface area contributed by atoms with E-state index >= 15 is 0 Å². The van der Waals surface area contributed by atoms with E-state index in [0.29, 0.717) is 31.3 Å². The lowest BCUT2D eigenvalue weighted by Crippen LogP contribution is -2.31. The number of carbonyl (C=O) groups is 2. The van der Waals surface area contributed by atoms with Crippen molar-refractivity contribution in [2.75, 3.05) is 0 Å². The van der Waals surface area contributed by atoms with Gasteiger partial charge in [-0.1, -0.05) is 90.4 Å². The van der Waals surface area contributed by atoms with E-state index in [0.717, 1.165) is 57.8 Å². The Morgan fingerprint density at radius 3 is 1.76 bits per heavy atom. The predicted octanol–water partition coefficient (Wildman–Crippen LogP) is 6.88. The monoisotopic (exact) mass is 580 g/mol. The number of aliphatic hydroxyl groups excluding tert-OH is 3. The van der Waals surface area contributed by atoms with Gasteiger partial charge in [0.05, 0.1) is 36.1 Å². The van der Waals surface area contributed by atoms with E-state index in [1.165, 1.54) is 57.8 Å². The number of rotatable bonds is 25. The van der Waals surface area contributed by atoms with Crippen LogP contribution in [0, 0.1) is 0 Å². The summed E-state index contributed by atoms with van der Waals surface area (Å²) in [5.74, 6) is -0.190. The molecule has 1 saturated heterocycles. The van der Waals surface area contributed by atoms with Crippen LogP contribution in [0.4, 0.5) is 0 Å². The van der Waals surface area contributed by atoms with Crippen LogP contribution < -0.4 is 0 Å². The average Bonchev–Trinajstić information content (AvgIpc) is 3.58. The molecule has 7 nitrogen and oxygen atoms in total. The maximum absolute atomic E-state index is 12.2. The fraction of sp³-hybridized carbons (Fsp3) is 0.882. The number of hydrogen-bond donors (Lipinski definition) is 3. The largest absolute Gasteiger partial charge is 0.455 e. The Kier molecular flexibility index (Phi) is 18.8. The van der Waals surface area contributed by atoms with Gasteiger partial charge in [0.25, 0.3) is 0 Å². The van der Waals surface area contributed by atoms with E-state index in [9.17, 15) is 24.9 Å². The summed E-state index contributed by atoms with van der Waals surface area (Å²) in [6.45, 7) is 4.02. The molecule has 2 aliphatic heterocycles. The van der Waals surface area contributed by atoms with Crippen molar-refractivity contribution in [3.63, 3.8) is 0 Å². The SMILES string of the molecule is CCCCCCCCCCCC[C@H](O)[C@@H]1CC[C@@H]([C@@H](O)CCCCC(=O)CCCCC[C@@H](O)C2=C[C@H](C)OC2=O)O1. The summed E-state index contributed by atoms with van der Waals surface area (Å²) >= 11 is 0. The van der Waals surface area contributed by atoms with Gasteiger partial charge in [0.2, 0.25) is 0 Å². The molecule has 2 rings (SSSR count). The topological polar surface area (TPSA) is 113 Å². The Hall–Kier alpha value is -1.28. The molecule has 3 N–H and O–H groups in total. The van der Waals surface area contributed by atoms with Gasteiger partial charge in [-0.25, -0.2) is 4.79 Å². The zero-order valence-corrected chi connectivity index (χ0v) is 26.1. The maximum atomic E-state index is 12.2. The molecule has 2 aliphatic rings. The molecule has 0 amide bonds. The molecule has 2 heterocycles. The van der Waals surface area contributed by atoms with Gasteiger partial charge in [-0.2, -0.15) is 0 Å². The van der Waals surface area contributed by atoms with Gasteiger partial charge in [0.1, 0.15) is 11.9 Å². The third-order valence-electron chi connectivity index (χ3n) is 8.74. The number of ether oxygens (including phenoxy) is 2. The molecule has 0 unspecified atom stereocenters. The van der Waals surface area contributed by atoms with E-state index in [4.69, 9.17) is 9.47 Å². The normalized spacial score (nSPS) is 22.9. The van der Waals surface area contributed by atoms with Gasteiger partial charge in [-0.3, -0.25) is 4.79 Å². The summed E-state index contributed by atoms with van der Waals surface area (Å²) in [5, 5.41) is 31.3. The third-order valence-corrected chi connectivity index (χ3v) is 8.74. The Morgan fingerprint density at radius 2 is 1.22 bits per heavy atom. The smallest absolute Gasteiger partial charge is 0.337 e. The highest BCUT2D eigenvalue weighted by molar-refractivity contribution is 5.91. The lowest BCUT2D eigenvalue weighted by molar-refractivity contribution is -0.140. The Labute approximate surface area is 249 Å². The maximum Gasteiger partial charge on any atom is 0.337 e. The van der Waals surface area contributed by atoms with Gasteiger partial charge < -0.3 is 24.8 Å². The molecule has 0 aromatic carbocycles. The Balaban J connectivity index is 1.43. The van der Waals surface area contributed by atoms with Crippen molar-refractivity contribution in [3.05, 3.63) is 11.6 Å². The minimum atomic E-state index is -0.790. The first-order valence-electron chi connectivity index (χ1n) is 17.0. The zero-order valence-electron chi connectivity index (χ0n) is 26.1. The van der Waals surface area contributed by atoms with Crippen LogP contribution in [0.5, 0.6) is 0 Å². The molecular weight excluding hydrogens is 520 g/mol. The molecule has 0 aromatic rings. The summed E-state index contributed by atoms with van der Waals surface area (Å²) in [6.07, 6.45) is 20.6. The molecule has 7 heteroatoms. The number of cyclic esters (lactones) is 1. The number of aliphatic hydroxyl groups is 3. The van der Waals surface area contributed by atoms with E-state index in [2.05, 4.69) is 6.92 Å². The molecule has 0 aliphatic carbocycles. The second-order valence-electron chi connectivity index (χ2n) is 12.5. The van der Waals surface area contributed by atoms with Crippen LogP contribution >= 0.6 is 0 Å². The van der Waals surface area contributed by atoms with Gasteiger partial charge in [0.15, 0.2) is 0 Å². The molecule has 238 valence electrons. The minimum absolute atomic E-state index is 0.164. The molecule has 6 atom stereocenters. The number of Topliss-reactive ketones (excluding diaryl/α,β-unsaturated/α-hetero) is 1. The van der Waals surface area contributed by atoms with Gasteiger partial charge >= 0.3 is 5.97 Å². The molecule has 0 bridgehead atoms. The minimum Gasteiger partial charge on any atom is -0.455 e. The van der Waals surface area contributed by atoms with E-state index in [1.807, 2.05) is 0 Å². The van der Waals surface area contributed by atoms with Crippen molar-refractivity contribution in [3.8, 4) is 0 Å². The molecule has 0 spiro atoms. The standard InChI is InChI=1S/C34H60O7/c1-3-4-5-6-7-8-9-10-11-14-21-30(37)32-23-24-33(41-32)31(38)22-17-16-19-27(35)18-13-12-15-20-29(36)28-25-26(2)40-34(28)39/h25-26,29-33,36-38H,3-24H2,1-2H3/t26-,29+,30-,31-,32-,33-/m0/s1. The second-order valence-corrected chi connectivity index (χ2v) is 12.5. The number of unbranched alkanes of at least 4 members (excludes halogenated alkanes) is 12. The summed E-state index contributed by atoms with van der Waals surface area (Å²) in [5.41, 5.74) is 0.356. The highest BCUT2D eigenvalue weighted by atomic mass is 16.5. The van der Waals surface area contributed by atoms with Crippen LogP contribution in [0.15, 0.2) is 11.6 Å². The van der Waals surface area contributed by atoms with Crippen LogP contribution in [-0.4, -0.2) is 63.7 Å². The summed E-state index contributed by atoms with van der Waals surface area (Å²) in [4.78, 5) is 23.9. The fourth-order valence-corrected chi connectivity index (χ4v) is 6.10. The van der Waals surface area contributed by atoms with Crippen LogP contribution in [0.25, 0.3) is 0 Å². The average molecular weight is 581 g/mol. The van der Waals surface area contributed by atoms with Crippen LogP contribution in [-0.2, 0) is 19.1 Å². The van der Waals surface area contributed by atoms with Gasteiger partial charge in [-0.15, -0.1) is 0 Å². The number of ketones is 1. The van der Waals surface area contributed by atoms with Gasteiger partial charge in [-0.05, 0) is 57.9 Å². The first-order chi connectivity index (χ1) is 19.8. The molecule has 41 heavy (non-hydrogen) atoms. The Morgan fingerprint density at radius 1 is 0.756 bits per heavy atom. The molecule has 1 fully saturated rings. The lowest BCUT2D eigenvalue weighted by atomic mass is 9.99. The first-order valence-corrected chi connectivity index (χ1v) is 17.0. The van der Waals surface area contributed by atoms with E-state index in [-0.39, 0.29) is 24.1 Å². The molecular formula is C34H60O7. The van der Waals surface area contributed by atoms with Crippen LogP contribution in [0.1, 0.15) is 155 Å². The summed E-state index contributed by atoms with van der Waals surface area (Å²) in [7, 11) is 0. The lowest BCUT2D eigenvalue weighted by Gasteiger charge is -2.22. The van der Waals surface area contributed by atoms with Crippen molar-refractivity contribution >= 4 is 11.8 Å². The predicted molar refractivity (Wildman–Crippen MR) is 163 cm³/mol. The quantitative estimate of drug-likeness (QED) is 0.0797.